The maximum Gasteiger partial charge on any atom is 0.254 e. The minimum Gasteiger partial charge on any atom is -0.336 e. The van der Waals surface area contributed by atoms with Gasteiger partial charge in [-0.25, -0.2) is 8.42 Å². The van der Waals surface area contributed by atoms with Crippen LogP contribution in [0.2, 0.25) is 5.02 Å². The van der Waals surface area contributed by atoms with Crippen molar-refractivity contribution in [1.29, 1.82) is 0 Å². The first-order valence-electron chi connectivity index (χ1n) is 9.02. The summed E-state index contributed by atoms with van der Waals surface area (Å²) in [4.78, 5) is 14.7. The Morgan fingerprint density at radius 2 is 1.76 bits per heavy atom. The van der Waals surface area contributed by atoms with Crippen molar-refractivity contribution in [2.24, 2.45) is 0 Å². The van der Waals surface area contributed by atoms with Crippen molar-refractivity contribution in [3.63, 3.8) is 0 Å². The largest absolute Gasteiger partial charge is 0.336 e. The normalized spacial score (nSPS) is 22.8. The van der Waals surface area contributed by atoms with Crippen molar-refractivity contribution < 1.29 is 13.2 Å². The van der Waals surface area contributed by atoms with Gasteiger partial charge in [0.25, 0.3) is 5.91 Å². The summed E-state index contributed by atoms with van der Waals surface area (Å²) in [5, 5.41) is 0.175. The summed E-state index contributed by atoms with van der Waals surface area (Å²) < 4.78 is 27.4. The van der Waals surface area contributed by atoms with Crippen molar-refractivity contribution in [1.82, 2.24) is 9.21 Å². The van der Waals surface area contributed by atoms with E-state index >= 15 is 0 Å². The third-order valence-electron chi connectivity index (χ3n) is 5.17. The molecule has 5 nitrogen and oxygen atoms in total. The van der Waals surface area contributed by atoms with Crippen LogP contribution in [0, 0.1) is 0 Å². The molecule has 1 atom stereocenters. The number of carbonyl (C=O) groups excluding carboxylic acids is 1. The maximum absolute atomic E-state index is 12.9. The van der Waals surface area contributed by atoms with E-state index in [0.717, 1.165) is 45.1 Å². The van der Waals surface area contributed by atoms with Crippen LogP contribution in [0.5, 0.6) is 0 Å². The molecule has 1 aromatic rings. The molecule has 2 fully saturated rings. The number of likely N-dealkylation sites (tertiary alicyclic amines) is 1. The summed E-state index contributed by atoms with van der Waals surface area (Å²) in [6.45, 7) is 3.79. The lowest BCUT2D eigenvalue weighted by Gasteiger charge is -2.33. The van der Waals surface area contributed by atoms with Gasteiger partial charge in [0.05, 0.1) is 5.02 Å². The number of amides is 1. The molecule has 0 N–H and O–H groups in total. The molecule has 0 saturated carbocycles. The van der Waals surface area contributed by atoms with Gasteiger partial charge in [-0.1, -0.05) is 18.0 Å². The average Bonchev–Trinajstić information content (AvgIpc) is 2.62. The van der Waals surface area contributed by atoms with Crippen LogP contribution in [0.3, 0.4) is 0 Å². The van der Waals surface area contributed by atoms with Crippen LogP contribution in [0.1, 0.15) is 55.8 Å². The molecule has 0 bridgehead atoms. The highest BCUT2D eigenvalue weighted by atomic mass is 35.5. The fourth-order valence-corrected chi connectivity index (χ4v) is 5.66. The van der Waals surface area contributed by atoms with Crippen LogP contribution in [-0.2, 0) is 10.0 Å². The van der Waals surface area contributed by atoms with Crippen LogP contribution >= 0.6 is 11.6 Å². The molecule has 3 rings (SSSR count). The fourth-order valence-electron chi connectivity index (χ4n) is 3.64. The number of benzene rings is 1. The number of nitrogens with zero attached hydrogens (tertiary/aromatic N) is 2. The first-order chi connectivity index (χ1) is 11.9. The summed E-state index contributed by atoms with van der Waals surface area (Å²) in [5.41, 5.74) is 0.397. The average molecular weight is 385 g/mol. The standard InChI is InChI=1S/C18H25ClN2O3S/c1-14-7-3-6-12-21(14)18(22)15-8-9-16(19)17(13-15)25(23,24)20-10-4-2-5-11-20/h8-9,13-14H,2-7,10-12H2,1H3. The van der Waals surface area contributed by atoms with E-state index in [4.69, 9.17) is 11.6 Å². The Hall–Kier alpha value is -1.11. The molecule has 7 heteroatoms. The van der Waals surface area contributed by atoms with E-state index in [-0.39, 0.29) is 21.9 Å². The van der Waals surface area contributed by atoms with E-state index in [0.29, 0.717) is 18.7 Å². The minimum absolute atomic E-state index is 0.0478. The number of halogens is 1. The van der Waals surface area contributed by atoms with E-state index in [1.165, 1.54) is 16.4 Å². The molecule has 138 valence electrons. The van der Waals surface area contributed by atoms with E-state index in [1.54, 1.807) is 6.07 Å². The summed E-state index contributed by atoms with van der Waals surface area (Å²) in [7, 11) is -3.66. The van der Waals surface area contributed by atoms with Gasteiger partial charge >= 0.3 is 0 Å². The van der Waals surface area contributed by atoms with Gasteiger partial charge in [-0.2, -0.15) is 4.31 Å². The quantitative estimate of drug-likeness (QED) is 0.800. The maximum atomic E-state index is 12.9. The zero-order chi connectivity index (χ0) is 18.0. The SMILES string of the molecule is CC1CCCCN1C(=O)c1ccc(Cl)c(S(=O)(=O)N2CCCCC2)c1. The summed E-state index contributed by atoms with van der Waals surface area (Å²) in [6.07, 6.45) is 5.87. The minimum atomic E-state index is -3.66. The topological polar surface area (TPSA) is 57.7 Å². The number of hydrogen-bond acceptors (Lipinski definition) is 3. The van der Waals surface area contributed by atoms with Crippen LogP contribution in [0.25, 0.3) is 0 Å². The molecule has 2 heterocycles. The second kappa shape index (κ2) is 7.64. The van der Waals surface area contributed by atoms with Gasteiger partial charge in [-0.15, -0.1) is 0 Å². The van der Waals surface area contributed by atoms with Gasteiger partial charge in [0, 0.05) is 31.2 Å². The molecule has 1 aromatic carbocycles. The molecule has 25 heavy (non-hydrogen) atoms. The van der Waals surface area contributed by atoms with Gasteiger partial charge in [0.15, 0.2) is 0 Å². The lowest BCUT2D eigenvalue weighted by molar-refractivity contribution is 0.0635. The summed E-state index contributed by atoms with van der Waals surface area (Å²) >= 11 is 6.19. The van der Waals surface area contributed by atoms with Crippen molar-refractivity contribution in [3.05, 3.63) is 28.8 Å². The predicted molar refractivity (Wildman–Crippen MR) is 98.4 cm³/mol. The lowest BCUT2D eigenvalue weighted by Crippen LogP contribution is -2.42. The first-order valence-corrected chi connectivity index (χ1v) is 10.8. The van der Waals surface area contributed by atoms with Crippen LogP contribution in [0.15, 0.2) is 23.1 Å². The van der Waals surface area contributed by atoms with Gasteiger partial charge in [-0.3, -0.25) is 4.79 Å². The lowest BCUT2D eigenvalue weighted by atomic mass is 10.0. The zero-order valence-corrected chi connectivity index (χ0v) is 16.2. The second-order valence-corrected chi connectivity index (χ2v) is 9.27. The van der Waals surface area contributed by atoms with E-state index in [2.05, 4.69) is 0 Å². The molecule has 0 spiro atoms. The molecule has 0 aliphatic carbocycles. The Balaban J connectivity index is 1.91. The molecule has 2 aliphatic rings. The summed E-state index contributed by atoms with van der Waals surface area (Å²) in [6, 6.07) is 4.79. The summed E-state index contributed by atoms with van der Waals surface area (Å²) in [5.74, 6) is -0.112. The highest BCUT2D eigenvalue weighted by molar-refractivity contribution is 7.89. The van der Waals surface area contributed by atoms with E-state index < -0.39 is 10.0 Å². The molecular formula is C18H25ClN2O3S. The number of hydrogen-bond donors (Lipinski definition) is 0. The van der Waals surface area contributed by atoms with Crippen LogP contribution < -0.4 is 0 Å². The monoisotopic (exact) mass is 384 g/mol. The van der Waals surface area contributed by atoms with Crippen molar-refractivity contribution >= 4 is 27.5 Å². The Morgan fingerprint density at radius 3 is 2.44 bits per heavy atom. The number of piperidine rings is 2. The molecule has 0 radical (unpaired) electrons. The number of sulfonamides is 1. The second-order valence-electron chi connectivity index (χ2n) is 6.95. The first kappa shape index (κ1) is 18.7. The Labute approximate surface area is 155 Å². The number of rotatable bonds is 3. The third kappa shape index (κ3) is 3.86. The van der Waals surface area contributed by atoms with E-state index in [1.807, 2.05) is 11.8 Å². The smallest absolute Gasteiger partial charge is 0.254 e. The molecule has 0 aromatic heterocycles. The van der Waals surface area contributed by atoms with Crippen molar-refractivity contribution in [2.45, 2.75) is 56.4 Å². The van der Waals surface area contributed by atoms with E-state index in [9.17, 15) is 13.2 Å². The highest BCUT2D eigenvalue weighted by Crippen LogP contribution is 2.29. The van der Waals surface area contributed by atoms with Gasteiger partial charge in [0.2, 0.25) is 10.0 Å². The molecular weight excluding hydrogens is 360 g/mol. The van der Waals surface area contributed by atoms with Crippen molar-refractivity contribution in [2.75, 3.05) is 19.6 Å². The fraction of sp³-hybridized carbons (Fsp3) is 0.611. The third-order valence-corrected chi connectivity index (χ3v) is 7.56. The Morgan fingerprint density at radius 1 is 1.08 bits per heavy atom. The molecule has 2 aliphatic heterocycles. The Kier molecular flexibility index (Phi) is 5.71. The zero-order valence-electron chi connectivity index (χ0n) is 14.6. The molecule has 1 amide bonds. The predicted octanol–water partition coefficient (Wildman–Crippen LogP) is 3.53. The van der Waals surface area contributed by atoms with Crippen LogP contribution in [0.4, 0.5) is 0 Å². The van der Waals surface area contributed by atoms with Gasteiger partial charge in [-0.05, 0) is 57.2 Å². The molecule has 2 saturated heterocycles. The highest BCUT2D eigenvalue weighted by Gasteiger charge is 2.30. The van der Waals surface area contributed by atoms with Gasteiger partial charge < -0.3 is 4.90 Å². The Bertz CT molecular complexity index is 745. The molecule has 1 unspecified atom stereocenters. The number of carbonyl (C=O) groups is 1. The van der Waals surface area contributed by atoms with Gasteiger partial charge in [0.1, 0.15) is 4.90 Å². The van der Waals surface area contributed by atoms with Crippen LogP contribution in [-0.4, -0.2) is 49.2 Å². The van der Waals surface area contributed by atoms with Crippen molar-refractivity contribution in [3.8, 4) is 0 Å².